The van der Waals surface area contributed by atoms with E-state index < -0.39 is 0 Å². The van der Waals surface area contributed by atoms with Gasteiger partial charge in [0.2, 0.25) is 5.91 Å². The Kier molecular flexibility index (Phi) is 5.45. The van der Waals surface area contributed by atoms with Crippen LogP contribution in [0.2, 0.25) is 0 Å². The highest BCUT2D eigenvalue weighted by molar-refractivity contribution is 5.79. The van der Waals surface area contributed by atoms with Gasteiger partial charge in [0.25, 0.3) is 0 Å². The quantitative estimate of drug-likeness (QED) is 0.863. The summed E-state index contributed by atoms with van der Waals surface area (Å²) in [7, 11) is 0. The number of benzene rings is 1. The highest BCUT2D eigenvalue weighted by atomic mass is 16.2. The molecule has 1 aromatic rings. The Labute approximate surface area is 122 Å². The molecular formula is C17H26N2O. The van der Waals surface area contributed by atoms with E-state index in [2.05, 4.69) is 43.4 Å². The second-order valence-electron chi connectivity index (χ2n) is 6.07. The lowest BCUT2D eigenvalue weighted by atomic mass is 10.1. The summed E-state index contributed by atoms with van der Waals surface area (Å²) in [5.41, 5.74) is 2.25. The van der Waals surface area contributed by atoms with Gasteiger partial charge in [-0.05, 0) is 42.9 Å². The van der Waals surface area contributed by atoms with Crippen molar-refractivity contribution in [1.82, 2.24) is 4.90 Å². The lowest BCUT2D eigenvalue weighted by molar-refractivity contribution is -0.129. The SMILES string of the molecule is CC(C)CCNc1ccc(CC(=O)N2CCCC2)cc1. The Morgan fingerprint density at radius 3 is 2.45 bits per heavy atom. The first-order valence-electron chi connectivity index (χ1n) is 7.76. The first-order chi connectivity index (χ1) is 9.65. The van der Waals surface area contributed by atoms with Crippen LogP contribution < -0.4 is 5.32 Å². The minimum atomic E-state index is 0.267. The second-order valence-corrected chi connectivity index (χ2v) is 6.07. The van der Waals surface area contributed by atoms with Crippen molar-refractivity contribution in [3.63, 3.8) is 0 Å². The highest BCUT2D eigenvalue weighted by Gasteiger charge is 2.17. The Morgan fingerprint density at radius 2 is 1.85 bits per heavy atom. The molecule has 0 saturated carbocycles. The summed E-state index contributed by atoms with van der Waals surface area (Å²) in [6.45, 7) is 7.34. The van der Waals surface area contributed by atoms with E-state index in [1.165, 1.54) is 6.42 Å². The molecule has 1 fully saturated rings. The summed E-state index contributed by atoms with van der Waals surface area (Å²) in [6.07, 6.45) is 4.02. The molecule has 1 aliphatic rings. The number of carbonyl (C=O) groups is 1. The number of carbonyl (C=O) groups excluding carboxylic acids is 1. The summed E-state index contributed by atoms with van der Waals surface area (Å²) < 4.78 is 0. The summed E-state index contributed by atoms with van der Waals surface area (Å²) in [4.78, 5) is 14.0. The molecule has 1 N–H and O–H groups in total. The van der Waals surface area contributed by atoms with Crippen LogP contribution in [0.4, 0.5) is 5.69 Å². The van der Waals surface area contributed by atoms with Crippen LogP contribution in [-0.2, 0) is 11.2 Å². The predicted molar refractivity (Wildman–Crippen MR) is 83.9 cm³/mol. The van der Waals surface area contributed by atoms with Crippen molar-refractivity contribution in [1.29, 1.82) is 0 Å². The largest absolute Gasteiger partial charge is 0.385 e. The van der Waals surface area contributed by atoms with Crippen molar-refractivity contribution < 1.29 is 4.79 Å². The predicted octanol–water partition coefficient (Wildman–Crippen LogP) is 3.31. The lowest BCUT2D eigenvalue weighted by Gasteiger charge is -2.15. The van der Waals surface area contributed by atoms with Crippen molar-refractivity contribution in [3.8, 4) is 0 Å². The van der Waals surface area contributed by atoms with Crippen molar-refractivity contribution >= 4 is 11.6 Å². The van der Waals surface area contributed by atoms with Crippen molar-refractivity contribution in [2.45, 2.75) is 39.5 Å². The van der Waals surface area contributed by atoms with Gasteiger partial charge in [-0.15, -0.1) is 0 Å². The molecule has 0 atom stereocenters. The normalized spacial score (nSPS) is 14.8. The molecule has 20 heavy (non-hydrogen) atoms. The first kappa shape index (κ1) is 14.9. The van der Waals surface area contributed by atoms with Gasteiger partial charge in [0, 0.05) is 25.3 Å². The van der Waals surface area contributed by atoms with Crippen LogP contribution in [0.5, 0.6) is 0 Å². The van der Waals surface area contributed by atoms with E-state index in [0.29, 0.717) is 6.42 Å². The zero-order chi connectivity index (χ0) is 14.4. The summed E-state index contributed by atoms with van der Waals surface area (Å²) in [5, 5.41) is 3.42. The van der Waals surface area contributed by atoms with Crippen LogP contribution in [0, 0.1) is 5.92 Å². The maximum absolute atomic E-state index is 12.1. The molecule has 1 aliphatic heterocycles. The molecule has 1 amide bonds. The maximum Gasteiger partial charge on any atom is 0.226 e. The van der Waals surface area contributed by atoms with E-state index in [4.69, 9.17) is 0 Å². The van der Waals surface area contributed by atoms with Crippen molar-refractivity contribution in [2.24, 2.45) is 5.92 Å². The zero-order valence-corrected chi connectivity index (χ0v) is 12.7. The molecule has 0 unspecified atom stereocenters. The van der Waals surface area contributed by atoms with Crippen LogP contribution >= 0.6 is 0 Å². The topological polar surface area (TPSA) is 32.3 Å². The Balaban J connectivity index is 1.80. The summed E-state index contributed by atoms with van der Waals surface area (Å²) in [6, 6.07) is 8.28. The number of hydrogen-bond acceptors (Lipinski definition) is 2. The van der Waals surface area contributed by atoms with E-state index >= 15 is 0 Å². The Morgan fingerprint density at radius 1 is 1.20 bits per heavy atom. The molecule has 3 nitrogen and oxygen atoms in total. The third kappa shape index (κ3) is 4.55. The number of rotatable bonds is 6. The molecule has 0 bridgehead atoms. The maximum atomic E-state index is 12.1. The molecular weight excluding hydrogens is 248 g/mol. The van der Waals surface area contributed by atoms with Crippen LogP contribution in [-0.4, -0.2) is 30.4 Å². The molecule has 3 heteroatoms. The highest BCUT2D eigenvalue weighted by Crippen LogP contribution is 2.14. The van der Waals surface area contributed by atoms with Crippen LogP contribution in [0.15, 0.2) is 24.3 Å². The molecule has 0 spiro atoms. The van der Waals surface area contributed by atoms with Gasteiger partial charge >= 0.3 is 0 Å². The molecule has 110 valence electrons. The number of amides is 1. The fourth-order valence-electron chi connectivity index (χ4n) is 2.50. The Bertz CT molecular complexity index is 419. The van der Waals surface area contributed by atoms with Gasteiger partial charge in [-0.1, -0.05) is 26.0 Å². The summed E-state index contributed by atoms with van der Waals surface area (Å²) in [5.74, 6) is 0.989. The third-order valence-electron chi connectivity index (χ3n) is 3.82. The van der Waals surface area contributed by atoms with E-state index in [-0.39, 0.29) is 5.91 Å². The standard InChI is InChI=1S/C17H26N2O/c1-14(2)9-10-18-16-7-5-15(6-8-16)13-17(20)19-11-3-4-12-19/h5-8,14,18H,3-4,9-13H2,1-2H3. The van der Waals surface area contributed by atoms with Crippen LogP contribution in [0.1, 0.15) is 38.7 Å². The third-order valence-corrected chi connectivity index (χ3v) is 3.82. The van der Waals surface area contributed by atoms with Crippen molar-refractivity contribution in [3.05, 3.63) is 29.8 Å². The minimum Gasteiger partial charge on any atom is -0.385 e. The van der Waals surface area contributed by atoms with E-state index in [9.17, 15) is 4.79 Å². The monoisotopic (exact) mass is 274 g/mol. The first-order valence-corrected chi connectivity index (χ1v) is 7.76. The van der Waals surface area contributed by atoms with E-state index in [1.807, 2.05) is 4.90 Å². The van der Waals surface area contributed by atoms with Gasteiger partial charge < -0.3 is 10.2 Å². The number of anilines is 1. The van der Waals surface area contributed by atoms with E-state index in [1.54, 1.807) is 0 Å². The average Bonchev–Trinajstić information content (AvgIpc) is 2.94. The Hall–Kier alpha value is -1.51. The molecule has 0 aromatic heterocycles. The minimum absolute atomic E-state index is 0.267. The molecule has 0 radical (unpaired) electrons. The molecule has 1 saturated heterocycles. The van der Waals surface area contributed by atoms with E-state index in [0.717, 1.165) is 49.6 Å². The molecule has 2 rings (SSSR count). The number of likely N-dealkylation sites (tertiary alicyclic amines) is 1. The summed E-state index contributed by atoms with van der Waals surface area (Å²) >= 11 is 0. The van der Waals surface area contributed by atoms with Gasteiger partial charge in [0.1, 0.15) is 0 Å². The average molecular weight is 274 g/mol. The zero-order valence-electron chi connectivity index (χ0n) is 12.7. The number of nitrogens with one attached hydrogen (secondary N) is 1. The lowest BCUT2D eigenvalue weighted by Crippen LogP contribution is -2.29. The molecule has 1 heterocycles. The van der Waals surface area contributed by atoms with Crippen LogP contribution in [0.25, 0.3) is 0 Å². The smallest absolute Gasteiger partial charge is 0.226 e. The van der Waals surface area contributed by atoms with Crippen molar-refractivity contribution in [2.75, 3.05) is 25.0 Å². The van der Waals surface area contributed by atoms with Gasteiger partial charge in [-0.25, -0.2) is 0 Å². The van der Waals surface area contributed by atoms with Gasteiger partial charge in [-0.2, -0.15) is 0 Å². The van der Waals surface area contributed by atoms with Gasteiger partial charge in [0.05, 0.1) is 6.42 Å². The molecule has 0 aliphatic carbocycles. The van der Waals surface area contributed by atoms with Crippen LogP contribution in [0.3, 0.4) is 0 Å². The fraction of sp³-hybridized carbons (Fsp3) is 0.588. The molecule has 1 aromatic carbocycles. The van der Waals surface area contributed by atoms with Gasteiger partial charge in [-0.3, -0.25) is 4.79 Å². The van der Waals surface area contributed by atoms with Gasteiger partial charge in [0.15, 0.2) is 0 Å². The second kappa shape index (κ2) is 7.32. The fourth-order valence-corrected chi connectivity index (χ4v) is 2.50. The number of nitrogens with zero attached hydrogens (tertiary/aromatic N) is 1. The number of hydrogen-bond donors (Lipinski definition) is 1.